The topological polar surface area (TPSA) is 65.5 Å². The molecule has 2 aromatic carbocycles. The van der Waals surface area contributed by atoms with Crippen LogP contribution in [0.4, 0.5) is 0 Å². The summed E-state index contributed by atoms with van der Waals surface area (Å²) in [4.78, 5) is 31.7. The van der Waals surface area contributed by atoms with Gasteiger partial charge in [-0.15, -0.1) is 11.3 Å². The number of benzene rings is 2. The second kappa shape index (κ2) is 12.4. The van der Waals surface area contributed by atoms with Crippen LogP contribution < -0.4 is 0 Å². The zero-order chi connectivity index (χ0) is 26.5. The molecule has 198 valence electrons. The van der Waals surface area contributed by atoms with Crippen LogP contribution in [0.25, 0.3) is 0 Å². The van der Waals surface area contributed by atoms with Crippen molar-refractivity contribution in [1.29, 1.82) is 0 Å². The van der Waals surface area contributed by atoms with Gasteiger partial charge in [0.25, 0.3) is 11.8 Å². The predicted octanol–water partition coefficient (Wildman–Crippen LogP) is 5.21. The summed E-state index contributed by atoms with van der Waals surface area (Å²) in [5, 5.41) is 9.32. The number of nitrogens with zero attached hydrogens (tertiary/aromatic N) is 4. The fourth-order valence-corrected chi connectivity index (χ4v) is 5.74. The molecule has 0 bridgehead atoms. The number of halogens is 2. The lowest BCUT2D eigenvalue weighted by Gasteiger charge is -2.31. The Morgan fingerprint density at radius 3 is 2.50 bits per heavy atom. The fourth-order valence-electron chi connectivity index (χ4n) is 4.67. The van der Waals surface area contributed by atoms with Crippen molar-refractivity contribution < 1.29 is 14.3 Å². The molecule has 0 spiro atoms. The van der Waals surface area contributed by atoms with Gasteiger partial charge in [-0.25, -0.2) is 5.01 Å². The van der Waals surface area contributed by atoms with Crippen molar-refractivity contribution in [3.8, 4) is 0 Å². The first-order valence-electron chi connectivity index (χ1n) is 12.5. The molecule has 2 amide bonds. The average Bonchev–Trinajstić information content (AvgIpc) is 3.63. The van der Waals surface area contributed by atoms with E-state index in [1.807, 2.05) is 60.0 Å². The molecule has 2 aliphatic heterocycles. The number of carbonyl (C=O) groups excluding carboxylic acids is 2. The van der Waals surface area contributed by atoms with Crippen molar-refractivity contribution in [1.82, 2.24) is 14.8 Å². The quantitative estimate of drug-likeness (QED) is 0.373. The summed E-state index contributed by atoms with van der Waals surface area (Å²) in [6.45, 7) is 3.99. The lowest BCUT2D eigenvalue weighted by molar-refractivity contribution is -0.133. The first-order chi connectivity index (χ1) is 18.5. The molecular formula is C28H28Cl2N4O3S. The minimum atomic E-state index is -0.330. The maximum absolute atomic E-state index is 13.8. The van der Waals surface area contributed by atoms with E-state index in [1.54, 1.807) is 11.0 Å². The van der Waals surface area contributed by atoms with Gasteiger partial charge in [-0.1, -0.05) is 59.6 Å². The van der Waals surface area contributed by atoms with E-state index in [2.05, 4.69) is 4.90 Å². The normalized spacial score (nSPS) is 17.9. The third-order valence-electron chi connectivity index (χ3n) is 6.74. The number of rotatable bonds is 8. The average molecular weight is 572 g/mol. The van der Waals surface area contributed by atoms with Gasteiger partial charge in [-0.05, 0) is 35.2 Å². The van der Waals surface area contributed by atoms with E-state index in [-0.39, 0.29) is 24.4 Å². The highest BCUT2D eigenvalue weighted by atomic mass is 35.5. The molecule has 38 heavy (non-hydrogen) atoms. The number of hydrogen-bond donors (Lipinski definition) is 0. The molecule has 1 saturated heterocycles. The highest BCUT2D eigenvalue weighted by molar-refractivity contribution is 7.12. The maximum atomic E-state index is 13.8. The Hall–Kier alpha value is -2.75. The highest BCUT2D eigenvalue weighted by Crippen LogP contribution is 2.35. The Morgan fingerprint density at radius 1 is 1.03 bits per heavy atom. The molecule has 2 aliphatic rings. The van der Waals surface area contributed by atoms with Crippen LogP contribution in [0.5, 0.6) is 0 Å². The van der Waals surface area contributed by atoms with Gasteiger partial charge in [0.05, 0.1) is 29.8 Å². The summed E-state index contributed by atoms with van der Waals surface area (Å²) < 4.78 is 5.45. The SMILES string of the molecule is O=C(c1cccs1)N(CCN1CCOCC1)CC(=O)N1N=C(c2ccccc2Cl)C[C@H]1c1ccc(Cl)cc1. The van der Waals surface area contributed by atoms with Crippen molar-refractivity contribution in [3.05, 3.63) is 92.1 Å². The Morgan fingerprint density at radius 2 is 1.79 bits per heavy atom. The van der Waals surface area contributed by atoms with E-state index >= 15 is 0 Å². The number of amides is 2. The number of morpholine rings is 1. The summed E-state index contributed by atoms with van der Waals surface area (Å²) in [7, 11) is 0. The van der Waals surface area contributed by atoms with E-state index in [9.17, 15) is 9.59 Å². The molecule has 3 aromatic rings. The van der Waals surface area contributed by atoms with Gasteiger partial charge < -0.3 is 9.64 Å². The second-order valence-electron chi connectivity index (χ2n) is 9.19. The van der Waals surface area contributed by atoms with Crippen LogP contribution in [0.3, 0.4) is 0 Å². The van der Waals surface area contributed by atoms with Crippen LogP contribution in [0.15, 0.2) is 71.1 Å². The summed E-state index contributed by atoms with van der Waals surface area (Å²) >= 11 is 14.0. The predicted molar refractivity (Wildman–Crippen MR) is 151 cm³/mol. The van der Waals surface area contributed by atoms with Crippen molar-refractivity contribution >= 4 is 52.1 Å². The maximum Gasteiger partial charge on any atom is 0.264 e. The van der Waals surface area contributed by atoms with Crippen LogP contribution in [0.1, 0.15) is 33.3 Å². The van der Waals surface area contributed by atoms with Gasteiger partial charge >= 0.3 is 0 Å². The van der Waals surface area contributed by atoms with Crippen molar-refractivity contribution in [3.63, 3.8) is 0 Å². The molecule has 5 rings (SSSR count). The standard InChI is InChI=1S/C28H28Cl2N4O3S/c29-21-9-7-20(8-10-21)25-18-24(22-4-1-2-5-23(22)30)31-34(25)27(35)19-33(28(36)26-6-3-17-38-26)12-11-32-13-15-37-16-14-32/h1-10,17,25H,11-16,18-19H2/t25-/m0/s1. The third-order valence-corrected chi connectivity index (χ3v) is 8.18. The fraction of sp³-hybridized carbons (Fsp3) is 0.321. The number of hydrazone groups is 1. The zero-order valence-electron chi connectivity index (χ0n) is 20.8. The van der Waals surface area contributed by atoms with E-state index < -0.39 is 0 Å². The molecular weight excluding hydrogens is 543 g/mol. The minimum Gasteiger partial charge on any atom is -0.379 e. The van der Waals surface area contributed by atoms with Gasteiger partial charge in [0, 0.05) is 48.2 Å². The van der Waals surface area contributed by atoms with Crippen LogP contribution in [0, 0.1) is 0 Å². The monoisotopic (exact) mass is 570 g/mol. The molecule has 0 unspecified atom stereocenters. The Kier molecular flexibility index (Phi) is 8.76. The number of hydrogen-bond acceptors (Lipinski definition) is 6. The van der Waals surface area contributed by atoms with Gasteiger partial charge in [0.15, 0.2) is 0 Å². The van der Waals surface area contributed by atoms with Crippen molar-refractivity contribution in [2.24, 2.45) is 5.10 Å². The Labute approximate surface area is 236 Å². The zero-order valence-corrected chi connectivity index (χ0v) is 23.1. The second-order valence-corrected chi connectivity index (χ2v) is 11.0. The van der Waals surface area contributed by atoms with Crippen molar-refractivity contribution in [2.45, 2.75) is 12.5 Å². The lowest BCUT2D eigenvalue weighted by Crippen LogP contribution is -2.46. The molecule has 1 atom stereocenters. The molecule has 0 radical (unpaired) electrons. The Bertz CT molecular complexity index is 1290. The van der Waals surface area contributed by atoms with Gasteiger partial charge in [0.2, 0.25) is 0 Å². The van der Waals surface area contributed by atoms with E-state index in [0.29, 0.717) is 47.6 Å². The summed E-state index contributed by atoms with van der Waals surface area (Å²) in [5.74, 6) is -0.405. The van der Waals surface area contributed by atoms with Gasteiger partial charge in [-0.2, -0.15) is 5.10 Å². The first kappa shape index (κ1) is 26.8. The smallest absolute Gasteiger partial charge is 0.264 e. The summed E-state index contributed by atoms with van der Waals surface area (Å²) in [6.07, 6.45) is 0.504. The van der Waals surface area contributed by atoms with Crippen molar-refractivity contribution in [2.75, 3.05) is 45.9 Å². The molecule has 1 fully saturated rings. The lowest BCUT2D eigenvalue weighted by atomic mass is 9.98. The van der Waals surface area contributed by atoms with Gasteiger partial charge in [-0.3, -0.25) is 14.5 Å². The van der Waals surface area contributed by atoms with E-state index in [4.69, 9.17) is 33.0 Å². The Balaban J connectivity index is 1.40. The molecule has 0 N–H and O–H groups in total. The van der Waals surface area contributed by atoms with E-state index in [1.165, 1.54) is 16.3 Å². The molecule has 0 saturated carbocycles. The molecule has 1 aromatic heterocycles. The minimum absolute atomic E-state index is 0.0789. The van der Waals surface area contributed by atoms with Crippen LogP contribution in [-0.2, 0) is 9.53 Å². The molecule has 7 nitrogen and oxygen atoms in total. The summed E-state index contributed by atoms with van der Waals surface area (Å²) in [6, 6.07) is 18.2. The number of carbonyl (C=O) groups is 2. The largest absolute Gasteiger partial charge is 0.379 e. The highest BCUT2D eigenvalue weighted by Gasteiger charge is 2.35. The first-order valence-corrected chi connectivity index (χ1v) is 14.2. The van der Waals surface area contributed by atoms with Gasteiger partial charge in [0.1, 0.15) is 6.54 Å². The third kappa shape index (κ3) is 6.27. The van der Waals surface area contributed by atoms with Crippen LogP contribution in [0.2, 0.25) is 10.0 Å². The van der Waals surface area contributed by atoms with E-state index in [0.717, 1.165) is 29.9 Å². The summed E-state index contributed by atoms with van der Waals surface area (Å²) in [5.41, 5.74) is 2.44. The number of ether oxygens (including phenoxy) is 1. The van der Waals surface area contributed by atoms with Crippen LogP contribution in [-0.4, -0.2) is 78.3 Å². The van der Waals surface area contributed by atoms with Crippen LogP contribution >= 0.6 is 34.5 Å². The number of thiophene rings is 1. The molecule has 0 aliphatic carbocycles. The molecule has 3 heterocycles. The molecule has 10 heteroatoms.